The molecule has 2 amide bonds. The summed E-state index contributed by atoms with van der Waals surface area (Å²) in [5.74, 6) is -0.0933. The van der Waals surface area contributed by atoms with Crippen LogP contribution in [-0.4, -0.2) is 55.1 Å². The van der Waals surface area contributed by atoms with Crippen molar-refractivity contribution in [1.82, 2.24) is 10.2 Å². The molecule has 1 aliphatic rings. The van der Waals surface area contributed by atoms with Gasteiger partial charge in [0.05, 0.1) is 13.2 Å². The molecule has 0 radical (unpaired) electrons. The minimum absolute atomic E-state index is 0.0363. The normalized spacial score (nSPS) is 19.2. The van der Waals surface area contributed by atoms with E-state index in [-0.39, 0.29) is 24.5 Å². The monoisotopic (exact) mass is 285 g/mol. The fourth-order valence-corrected chi connectivity index (χ4v) is 2.24. The molecule has 1 heterocycles. The summed E-state index contributed by atoms with van der Waals surface area (Å²) in [5.41, 5.74) is 5.43. The number of hydrogen-bond donors (Lipinski definition) is 2. The first-order chi connectivity index (χ1) is 9.56. The van der Waals surface area contributed by atoms with Crippen LogP contribution in [0.5, 0.6) is 0 Å². The van der Waals surface area contributed by atoms with Crippen LogP contribution in [0.2, 0.25) is 0 Å². The highest BCUT2D eigenvalue weighted by atomic mass is 16.5. The van der Waals surface area contributed by atoms with E-state index in [0.29, 0.717) is 26.1 Å². The maximum absolute atomic E-state index is 12.2. The standard InChI is InChI=1S/C14H27N3O3/c1-11(2)16-14(19)12-10-20-9-8-17(12)13(18)6-4-3-5-7-15/h11-12H,3-10,15H2,1-2H3,(H,16,19). The van der Waals surface area contributed by atoms with Crippen LogP contribution in [0.4, 0.5) is 0 Å². The van der Waals surface area contributed by atoms with Gasteiger partial charge in [0, 0.05) is 19.0 Å². The molecule has 3 N–H and O–H groups in total. The van der Waals surface area contributed by atoms with E-state index in [9.17, 15) is 9.59 Å². The molecule has 6 nitrogen and oxygen atoms in total. The Morgan fingerprint density at radius 2 is 2.10 bits per heavy atom. The third-order valence-electron chi connectivity index (χ3n) is 3.28. The van der Waals surface area contributed by atoms with Gasteiger partial charge in [0.25, 0.3) is 0 Å². The molecule has 0 spiro atoms. The molecular weight excluding hydrogens is 258 g/mol. The largest absolute Gasteiger partial charge is 0.377 e. The molecule has 1 saturated heterocycles. The maximum Gasteiger partial charge on any atom is 0.245 e. The van der Waals surface area contributed by atoms with E-state index in [4.69, 9.17) is 10.5 Å². The Labute approximate surface area is 121 Å². The van der Waals surface area contributed by atoms with Gasteiger partial charge in [-0.15, -0.1) is 0 Å². The Bertz CT molecular complexity index is 321. The molecule has 0 aromatic carbocycles. The number of nitrogens with zero attached hydrogens (tertiary/aromatic N) is 1. The van der Waals surface area contributed by atoms with Crippen molar-refractivity contribution in [3.8, 4) is 0 Å². The van der Waals surface area contributed by atoms with Gasteiger partial charge < -0.3 is 20.7 Å². The summed E-state index contributed by atoms with van der Waals surface area (Å²) in [4.78, 5) is 26.0. The lowest BCUT2D eigenvalue weighted by atomic mass is 10.1. The molecule has 0 aromatic rings. The highest BCUT2D eigenvalue weighted by Gasteiger charge is 2.32. The number of carbonyl (C=O) groups is 2. The first kappa shape index (κ1) is 16.9. The molecule has 6 heteroatoms. The zero-order valence-corrected chi connectivity index (χ0v) is 12.6. The van der Waals surface area contributed by atoms with E-state index < -0.39 is 6.04 Å². The number of hydrogen-bond acceptors (Lipinski definition) is 4. The highest BCUT2D eigenvalue weighted by molar-refractivity contribution is 5.88. The molecule has 1 aliphatic heterocycles. The molecule has 0 bridgehead atoms. The number of nitrogens with one attached hydrogen (secondary N) is 1. The molecule has 1 rings (SSSR count). The topological polar surface area (TPSA) is 84.7 Å². The second-order valence-corrected chi connectivity index (χ2v) is 5.44. The molecular formula is C14H27N3O3. The Balaban J connectivity index is 2.50. The molecule has 0 aliphatic carbocycles. The number of amides is 2. The van der Waals surface area contributed by atoms with Gasteiger partial charge in [-0.2, -0.15) is 0 Å². The van der Waals surface area contributed by atoms with Gasteiger partial charge in [-0.25, -0.2) is 0 Å². The van der Waals surface area contributed by atoms with E-state index >= 15 is 0 Å². The Morgan fingerprint density at radius 1 is 1.35 bits per heavy atom. The van der Waals surface area contributed by atoms with Gasteiger partial charge in [0.1, 0.15) is 6.04 Å². The summed E-state index contributed by atoms with van der Waals surface area (Å²) in [6.07, 6.45) is 3.19. The number of unbranched alkanes of at least 4 members (excludes halogenated alkanes) is 2. The van der Waals surface area contributed by atoms with Crippen LogP contribution in [0.3, 0.4) is 0 Å². The van der Waals surface area contributed by atoms with Gasteiger partial charge in [0.2, 0.25) is 11.8 Å². The van der Waals surface area contributed by atoms with Crippen LogP contribution < -0.4 is 11.1 Å². The second kappa shape index (κ2) is 8.92. The first-order valence-electron chi connectivity index (χ1n) is 7.44. The molecule has 1 atom stereocenters. The molecule has 20 heavy (non-hydrogen) atoms. The lowest BCUT2D eigenvalue weighted by molar-refractivity contribution is -0.148. The molecule has 1 unspecified atom stereocenters. The van der Waals surface area contributed by atoms with Crippen LogP contribution in [0.1, 0.15) is 39.5 Å². The summed E-state index contributed by atoms with van der Waals surface area (Å²) >= 11 is 0. The zero-order chi connectivity index (χ0) is 15.0. The van der Waals surface area contributed by atoms with Crippen molar-refractivity contribution in [2.75, 3.05) is 26.3 Å². The smallest absolute Gasteiger partial charge is 0.245 e. The number of nitrogens with two attached hydrogens (primary N) is 1. The van der Waals surface area contributed by atoms with Crippen molar-refractivity contribution >= 4 is 11.8 Å². The van der Waals surface area contributed by atoms with E-state index in [1.54, 1.807) is 4.90 Å². The Morgan fingerprint density at radius 3 is 2.75 bits per heavy atom. The lowest BCUT2D eigenvalue weighted by Gasteiger charge is -2.35. The van der Waals surface area contributed by atoms with Crippen LogP contribution in [0, 0.1) is 0 Å². The van der Waals surface area contributed by atoms with Gasteiger partial charge in [-0.05, 0) is 33.2 Å². The van der Waals surface area contributed by atoms with Crippen LogP contribution in [0.15, 0.2) is 0 Å². The SMILES string of the molecule is CC(C)NC(=O)C1COCCN1C(=O)CCCCCN. The van der Waals surface area contributed by atoms with Crippen molar-refractivity contribution in [3.05, 3.63) is 0 Å². The minimum atomic E-state index is -0.492. The lowest BCUT2D eigenvalue weighted by Crippen LogP contribution is -2.56. The molecule has 116 valence electrons. The maximum atomic E-state index is 12.2. The number of rotatable bonds is 7. The van der Waals surface area contributed by atoms with Crippen molar-refractivity contribution in [1.29, 1.82) is 0 Å². The van der Waals surface area contributed by atoms with Crippen LogP contribution in [-0.2, 0) is 14.3 Å². The second-order valence-electron chi connectivity index (χ2n) is 5.44. The van der Waals surface area contributed by atoms with Crippen molar-refractivity contribution in [2.45, 2.75) is 51.6 Å². The Hall–Kier alpha value is -1.14. The number of ether oxygens (including phenoxy) is 1. The fraction of sp³-hybridized carbons (Fsp3) is 0.857. The van der Waals surface area contributed by atoms with Crippen LogP contribution in [0.25, 0.3) is 0 Å². The number of carbonyl (C=O) groups excluding carboxylic acids is 2. The van der Waals surface area contributed by atoms with E-state index in [0.717, 1.165) is 19.3 Å². The van der Waals surface area contributed by atoms with Gasteiger partial charge in [-0.3, -0.25) is 9.59 Å². The minimum Gasteiger partial charge on any atom is -0.377 e. The van der Waals surface area contributed by atoms with E-state index in [1.807, 2.05) is 13.8 Å². The summed E-state index contributed by atoms with van der Waals surface area (Å²) in [6.45, 7) is 5.74. The molecule has 1 fully saturated rings. The number of morpholine rings is 1. The first-order valence-corrected chi connectivity index (χ1v) is 7.44. The van der Waals surface area contributed by atoms with E-state index in [1.165, 1.54) is 0 Å². The third kappa shape index (κ3) is 5.46. The fourth-order valence-electron chi connectivity index (χ4n) is 2.24. The van der Waals surface area contributed by atoms with Gasteiger partial charge >= 0.3 is 0 Å². The van der Waals surface area contributed by atoms with E-state index in [2.05, 4.69) is 5.32 Å². The predicted octanol–water partition coefficient (Wildman–Crippen LogP) is 0.258. The molecule has 0 aromatic heterocycles. The quantitative estimate of drug-likeness (QED) is 0.657. The summed E-state index contributed by atoms with van der Waals surface area (Å²) < 4.78 is 5.34. The van der Waals surface area contributed by atoms with Crippen molar-refractivity contribution in [2.24, 2.45) is 5.73 Å². The zero-order valence-electron chi connectivity index (χ0n) is 12.6. The average Bonchev–Trinajstić information content (AvgIpc) is 2.42. The predicted molar refractivity (Wildman–Crippen MR) is 77.1 cm³/mol. The third-order valence-corrected chi connectivity index (χ3v) is 3.28. The molecule has 0 saturated carbocycles. The Kier molecular flexibility index (Phi) is 7.54. The van der Waals surface area contributed by atoms with Gasteiger partial charge in [-0.1, -0.05) is 6.42 Å². The summed E-state index contributed by atoms with van der Waals surface area (Å²) in [7, 11) is 0. The highest BCUT2D eigenvalue weighted by Crippen LogP contribution is 2.11. The van der Waals surface area contributed by atoms with Crippen molar-refractivity contribution in [3.63, 3.8) is 0 Å². The summed E-state index contributed by atoms with van der Waals surface area (Å²) in [5, 5.41) is 2.84. The summed E-state index contributed by atoms with van der Waals surface area (Å²) in [6, 6.07) is -0.431. The van der Waals surface area contributed by atoms with Gasteiger partial charge in [0.15, 0.2) is 0 Å². The van der Waals surface area contributed by atoms with Crippen LogP contribution >= 0.6 is 0 Å². The average molecular weight is 285 g/mol. The van der Waals surface area contributed by atoms with Crippen molar-refractivity contribution < 1.29 is 14.3 Å².